The molecule has 2 unspecified atom stereocenters. The second-order valence-electron chi connectivity index (χ2n) is 9.78. The highest BCUT2D eigenvalue weighted by Crippen LogP contribution is 2.38. The van der Waals surface area contributed by atoms with E-state index in [0.29, 0.717) is 35.6 Å². The van der Waals surface area contributed by atoms with Crippen molar-refractivity contribution in [1.29, 1.82) is 0 Å². The second-order valence-corrected chi connectivity index (χ2v) is 9.78. The van der Waals surface area contributed by atoms with Gasteiger partial charge in [0.25, 0.3) is 5.91 Å². The maximum absolute atomic E-state index is 12.9. The summed E-state index contributed by atoms with van der Waals surface area (Å²) < 4.78 is 6.58. The quantitative estimate of drug-likeness (QED) is 0.494. The molecule has 36 heavy (non-hydrogen) atoms. The predicted octanol–water partition coefficient (Wildman–Crippen LogP) is 1.49. The number of hydrogen-bond acceptors (Lipinski definition) is 9. The fourth-order valence-corrected chi connectivity index (χ4v) is 5.91. The summed E-state index contributed by atoms with van der Waals surface area (Å²) in [7, 11) is 0. The van der Waals surface area contributed by atoms with Gasteiger partial charge in [-0.1, -0.05) is 6.07 Å². The van der Waals surface area contributed by atoms with Gasteiger partial charge in [-0.05, 0) is 72.4 Å². The number of aliphatic hydroxyl groups is 1. The summed E-state index contributed by atoms with van der Waals surface area (Å²) in [5.41, 5.74) is 3.74. The normalized spacial score (nSPS) is 23.8. The Balaban J connectivity index is 1.08. The van der Waals surface area contributed by atoms with E-state index in [1.54, 1.807) is 18.2 Å². The zero-order valence-electron chi connectivity index (χ0n) is 19.9. The summed E-state index contributed by atoms with van der Waals surface area (Å²) in [6.07, 6.45) is 6.13. The number of carbonyl (C=O) groups is 2. The lowest BCUT2D eigenvalue weighted by molar-refractivity contribution is 0.0496. The number of piperidine rings is 1. The number of rotatable bonds is 6. The monoisotopic (exact) mass is 489 g/mol. The summed E-state index contributed by atoms with van der Waals surface area (Å²) >= 11 is 0. The highest BCUT2D eigenvalue weighted by atomic mass is 16.5. The summed E-state index contributed by atoms with van der Waals surface area (Å²) in [6.45, 7) is 2.75. The van der Waals surface area contributed by atoms with Crippen LogP contribution in [-0.2, 0) is 11.3 Å². The summed E-state index contributed by atoms with van der Waals surface area (Å²) in [4.78, 5) is 31.4. The number of fused-ring (bicyclic) bond motifs is 3. The van der Waals surface area contributed by atoms with E-state index < -0.39 is 6.10 Å². The van der Waals surface area contributed by atoms with Gasteiger partial charge in [-0.3, -0.25) is 9.69 Å². The lowest BCUT2D eigenvalue weighted by Crippen LogP contribution is -2.51. The van der Waals surface area contributed by atoms with Gasteiger partial charge >= 0.3 is 5.97 Å². The molecule has 2 saturated heterocycles. The first-order valence-corrected chi connectivity index (χ1v) is 12.2. The third kappa shape index (κ3) is 4.03. The Morgan fingerprint density at radius 1 is 1.22 bits per heavy atom. The van der Waals surface area contributed by atoms with Gasteiger partial charge in [-0.25, -0.2) is 9.78 Å². The first-order valence-electron chi connectivity index (χ1n) is 12.2. The standard InChI is InChI=1S/C25H27N7O4/c1-14-19(5-6-20-21(14)12-36-25(20)35)22(33)11-31-17-3-4-18(31)9-16(8-17)28-24(34)15-2-7-23(26-10-15)32-13-27-29-30-32/h2,5-7,10,13,16-18,22,33H,3-4,8-9,11-12H2,1H3,(H,28,34)/t16?,17?,18?,22-/m0/s1. The molecule has 5 heterocycles. The third-order valence-electron chi connectivity index (χ3n) is 7.76. The lowest BCUT2D eigenvalue weighted by Gasteiger charge is -2.40. The van der Waals surface area contributed by atoms with Crippen LogP contribution >= 0.6 is 0 Å². The summed E-state index contributed by atoms with van der Waals surface area (Å²) in [5, 5.41) is 25.3. The van der Waals surface area contributed by atoms with Crippen LogP contribution in [0.2, 0.25) is 0 Å². The van der Waals surface area contributed by atoms with Crippen molar-refractivity contribution < 1.29 is 19.4 Å². The van der Waals surface area contributed by atoms with Crippen molar-refractivity contribution in [2.45, 2.75) is 63.4 Å². The van der Waals surface area contributed by atoms with Gasteiger partial charge in [0.1, 0.15) is 12.9 Å². The molecular formula is C25H27N7O4. The Morgan fingerprint density at radius 3 is 2.72 bits per heavy atom. The Bertz CT molecular complexity index is 1280. The van der Waals surface area contributed by atoms with Crippen LogP contribution < -0.4 is 5.32 Å². The molecule has 11 nitrogen and oxygen atoms in total. The van der Waals surface area contributed by atoms with E-state index in [0.717, 1.165) is 42.4 Å². The first-order chi connectivity index (χ1) is 17.5. The minimum atomic E-state index is -0.648. The Labute approximate surface area is 207 Å². The molecular weight excluding hydrogens is 462 g/mol. The number of carbonyl (C=O) groups excluding carboxylic acids is 2. The smallest absolute Gasteiger partial charge is 0.338 e. The summed E-state index contributed by atoms with van der Waals surface area (Å²) in [5.74, 6) is 0.101. The van der Waals surface area contributed by atoms with Crippen molar-refractivity contribution in [1.82, 2.24) is 35.4 Å². The van der Waals surface area contributed by atoms with Crippen LogP contribution in [0.4, 0.5) is 0 Å². The van der Waals surface area contributed by atoms with Crippen molar-refractivity contribution in [3.05, 3.63) is 64.6 Å². The number of tetrazole rings is 1. The molecule has 6 rings (SSSR count). The van der Waals surface area contributed by atoms with E-state index in [2.05, 4.69) is 30.7 Å². The molecule has 0 aliphatic carbocycles. The van der Waals surface area contributed by atoms with Crippen LogP contribution in [0.1, 0.15) is 69.2 Å². The molecule has 0 spiro atoms. The Morgan fingerprint density at radius 2 is 2.03 bits per heavy atom. The predicted molar refractivity (Wildman–Crippen MR) is 126 cm³/mol. The topological polar surface area (TPSA) is 135 Å². The van der Waals surface area contributed by atoms with Crippen LogP contribution in [0.15, 0.2) is 36.8 Å². The number of nitrogens with zero attached hydrogens (tertiary/aromatic N) is 6. The number of esters is 1. The van der Waals surface area contributed by atoms with Gasteiger partial charge in [-0.15, -0.1) is 5.10 Å². The minimum absolute atomic E-state index is 0.0764. The van der Waals surface area contributed by atoms with E-state index in [9.17, 15) is 14.7 Å². The molecule has 1 aromatic carbocycles. The van der Waals surface area contributed by atoms with Crippen molar-refractivity contribution in [3.8, 4) is 5.82 Å². The largest absolute Gasteiger partial charge is 0.457 e. The summed E-state index contributed by atoms with van der Waals surface area (Å²) in [6, 6.07) is 7.73. The molecule has 3 aliphatic heterocycles. The molecule has 186 valence electrons. The highest BCUT2D eigenvalue weighted by Gasteiger charge is 2.42. The number of nitrogens with one attached hydrogen (secondary N) is 1. The number of aromatic nitrogens is 5. The van der Waals surface area contributed by atoms with Crippen LogP contribution in [0, 0.1) is 6.92 Å². The fourth-order valence-electron chi connectivity index (χ4n) is 5.91. The minimum Gasteiger partial charge on any atom is -0.457 e. The van der Waals surface area contributed by atoms with E-state index in [4.69, 9.17) is 4.74 Å². The molecule has 2 fully saturated rings. The van der Waals surface area contributed by atoms with Crippen LogP contribution in [-0.4, -0.2) is 71.7 Å². The zero-order valence-corrected chi connectivity index (χ0v) is 19.9. The number of hydrogen-bond donors (Lipinski definition) is 2. The van der Waals surface area contributed by atoms with Crippen molar-refractivity contribution in [3.63, 3.8) is 0 Å². The Hall–Kier alpha value is -3.70. The van der Waals surface area contributed by atoms with E-state index in [-0.39, 0.29) is 24.5 Å². The van der Waals surface area contributed by atoms with Gasteiger partial charge in [0.05, 0.1) is 17.2 Å². The molecule has 2 bridgehead atoms. The number of ether oxygens (including phenoxy) is 1. The molecule has 3 aromatic rings. The average molecular weight is 490 g/mol. The number of aliphatic hydroxyl groups excluding tert-OH is 1. The maximum Gasteiger partial charge on any atom is 0.338 e. The number of amides is 1. The van der Waals surface area contributed by atoms with Crippen molar-refractivity contribution in [2.75, 3.05) is 6.54 Å². The number of cyclic esters (lactones) is 1. The van der Waals surface area contributed by atoms with E-state index in [1.807, 2.05) is 13.0 Å². The number of pyridine rings is 1. The van der Waals surface area contributed by atoms with Gasteiger partial charge in [0, 0.05) is 36.4 Å². The zero-order chi connectivity index (χ0) is 24.8. The van der Waals surface area contributed by atoms with Crippen LogP contribution in [0.25, 0.3) is 5.82 Å². The molecule has 0 saturated carbocycles. The van der Waals surface area contributed by atoms with Gasteiger partial charge in [0.15, 0.2) is 5.82 Å². The number of benzene rings is 1. The molecule has 1 amide bonds. The van der Waals surface area contributed by atoms with Crippen molar-refractivity contribution >= 4 is 11.9 Å². The molecule has 2 N–H and O–H groups in total. The molecule has 3 atom stereocenters. The van der Waals surface area contributed by atoms with Gasteiger partial charge in [-0.2, -0.15) is 4.68 Å². The second kappa shape index (κ2) is 9.07. The molecule has 3 aliphatic rings. The van der Waals surface area contributed by atoms with Crippen LogP contribution in [0.5, 0.6) is 0 Å². The molecule has 0 radical (unpaired) electrons. The average Bonchev–Trinajstić information content (AvgIpc) is 3.59. The van der Waals surface area contributed by atoms with Crippen LogP contribution in [0.3, 0.4) is 0 Å². The molecule has 11 heteroatoms. The van der Waals surface area contributed by atoms with E-state index >= 15 is 0 Å². The highest BCUT2D eigenvalue weighted by molar-refractivity contribution is 5.94. The van der Waals surface area contributed by atoms with Crippen molar-refractivity contribution in [2.24, 2.45) is 0 Å². The molecule has 2 aromatic heterocycles. The van der Waals surface area contributed by atoms with Gasteiger partial charge in [0.2, 0.25) is 0 Å². The lowest BCUT2D eigenvalue weighted by atomic mass is 9.93. The fraction of sp³-hybridized carbons (Fsp3) is 0.440. The van der Waals surface area contributed by atoms with Gasteiger partial charge < -0.3 is 15.2 Å². The maximum atomic E-state index is 12.9. The SMILES string of the molecule is Cc1c([C@@H](O)CN2C3CCC2CC(NC(=O)c2ccc(-n4cnnn4)nc2)C3)ccc2c1COC2=O. The van der Waals surface area contributed by atoms with E-state index in [1.165, 1.54) is 17.2 Å². The third-order valence-corrected chi connectivity index (χ3v) is 7.76. The Kier molecular flexibility index (Phi) is 5.73. The first kappa shape index (κ1) is 22.7.